The molecule has 1 saturated carbocycles. The second-order valence-electron chi connectivity index (χ2n) is 4.08. The van der Waals surface area contributed by atoms with Crippen LogP contribution in [0, 0.1) is 17.2 Å². The Labute approximate surface area is 95.5 Å². The number of hydrogen-bond donors (Lipinski definition) is 2. The minimum Gasteiger partial charge on any atom is -0.394 e. The summed E-state index contributed by atoms with van der Waals surface area (Å²) in [6, 6.07) is 2.37. The predicted octanol–water partition coefficient (Wildman–Crippen LogP) is 1.55. The Hall–Kier alpha value is -0.240. The smallest absolute Gasteiger partial charge is 0.0861 e. The molecule has 0 spiro atoms. The molecule has 0 aliphatic heterocycles. The standard InChI is InChI=1S/C11H19NO2S/c12-6-9-4-2-1-3-5-11(9)15-8-10(14)7-13/h9-11,13-14H,1-5,7-8H2. The Morgan fingerprint density at radius 1 is 1.33 bits per heavy atom. The number of nitriles is 1. The van der Waals surface area contributed by atoms with E-state index in [9.17, 15) is 5.11 Å². The highest BCUT2D eigenvalue weighted by Gasteiger charge is 2.24. The summed E-state index contributed by atoms with van der Waals surface area (Å²) in [7, 11) is 0. The van der Waals surface area contributed by atoms with Gasteiger partial charge in [-0.3, -0.25) is 0 Å². The van der Waals surface area contributed by atoms with Crippen molar-refractivity contribution < 1.29 is 10.2 Å². The van der Waals surface area contributed by atoms with Crippen LogP contribution < -0.4 is 0 Å². The number of rotatable bonds is 4. The molecule has 2 N–H and O–H groups in total. The lowest BCUT2D eigenvalue weighted by atomic mass is 10.0. The monoisotopic (exact) mass is 229 g/mol. The first-order valence-corrected chi connectivity index (χ1v) is 6.63. The van der Waals surface area contributed by atoms with E-state index >= 15 is 0 Å². The molecule has 1 fully saturated rings. The first-order valence-electron chi connectivity index (χ1n) is 5.58. The Morgan fingerprint density at radius 3 is 2.73 bits per heavy atom. The van der Waals surface area contributed by atoms with Gasteiger partial charge in [-0.2, -0.15) is 17.0 Å². The third-order valence-corrected chi connectivity index (χ3v) is 4.40. The summed E-state index contributed by atoms with van der Waals surface area (Å²) >= 11 is 1.64. The van der Waals surface area contributed by atoms with Gasteiger partial charge in [0.1, 0.15) is 0 Å². The van der Waals surface area contributed by atoms with Crippen molar-refractivity contribution in [1.29, 1.82) is 5.26 Å². The second kappa shape index (κ2) is 7.10. The van der Waals surface area contributed by atoms with E-state index in [1.807, 2.05) is 0 Å². The molecule has 0 heterocycles. The Kier molecular flexibility index (Phi) is 6.07. The average Bonchev–Trinajstić information content (AvgIpc) is 2.50. The van der Waals surface area contributed by atoms with Gasteiger partial charge < -0.3 is 10.2 Å². The van der Waals surface area contributed by atoms with Crippen molar-refractivity contribution in [3.8, 4) is 6.07 Å². The van der Waals surface area contributed by atoms with Gasteiger partial charge in [0.25, 0.3) is 0 Å². The lowest BCUT2D eigenvalue weighted by Gasteiger charge is -2.19. The van der Waals surface area contributed by atoms with E-state index in [0.29, 0.717) is 11.0 Å². The lowest BCUT2D eigenvalue weighted by Crippen LogP contribution is -2.21. The maximum absolute atomic E-state index is 9.26. The molecule has 0 saturated heterocycles. The fraction of sp³-hybridized carbons (Fsp3) is 0.909. The second-order valence-corrected chi connectivity index (χ2v) is 5.35. The van der Waals surface area contributed by atoms with Gasteiger partial charge in [-0.1, -0.05) is 19.3 Å². The van der Waals surface area contributed by atoms with Gasteiger partial charge in [0.05, 0.1) is 24.7 Å². The molecule has 0 aromatic heterocycles. The number of hydrogen-bond acceptors (Lipinski definition) is 4. The number of aliphatic hydroxyl groups is 2. The van der Waals surface area contributed by atoms with Crippen molar-refractivity contribution in [1.82, 2.24) is 0 Å². The molecule has 86 valence electrons. The normalized spacial score (nSPS) is 29.1. The molecule has 3 unspecified atom stereocenters. The molecule has 0 aromatic carbocycles. The minimum atomic E-state index is -0.641. The van der Waals surface area contributed by atoms with Crippen LogP contribution >= 0.6 is 11.8 Å². The van der Waals surface area contributed by atoms with Gasteiger partial charge in [0.15, 0.2) is 0 Å². The largest absolute Gasteiger partial charge is 0.394 e. The van der Waals surface area contributed by atoms with Gasteiger partial charge in [0, 0.05) is 11.0 Å². The van der Waals surface area contributed by atoms with E-state index in [2.05, 4.69) is 6.07 Å². The molecule has 1 aliphatic rings. The quantitative estimate of drug-likeness (QED) is 0.718. The maximum atomic E-state index is 9.26. The minimum absolute atomic E-state index is 0.128. The Bertz CT molecular complexity index is 217. The molecule has 0 amide bonds. The van der Waals surface area contributed by atoms with Crippen LogP contribution in [0.15, 0.2) is 0 Å². The van der Waals surface area contributed by atoms with Crippen molar-refractivity contribution in [3.63, 3.8) is 0 Å². The summed E-state index contributed by atoms with van der Waals surface area (Å²) in [5.74, 6) is 0.669. The van der Waals surface area contributed by atoms with Crippen LogP contribution in [0.5, 0.6) is 0 Å². The topological polar surface area (TPSA) is 64.2 Å². The van der Waals surface area contributed by atoms with Crippen LogP contribution in [0.25, 0.3) is 0 Å². The van der Waals surface area contributed by atoms with Crippen molar-refractivity contribution in [2.45, 2.75) is 43.5 Å². The van der Waals surface area contributed by atoms with Gasteiger partial charge in [0.2, 0.25) is 0 Å². The van der Waals surface area contributed by atoms with E-state index in [-0.39, 0.29) is 12.5 Å². The van der Waals surface area contributed by atoms with Crippen molar-refractivity contribution in [2.75, 3.05) is 12.4 Å². The van der Waals surface area contributed by atoms with E-state index in [4.69, 9.17) is 10.4 Å². The van der Waals surface area contributed by atoms with Gasteiger partial charge >= 0.3 is 0 Å². The number of nitrogens with zero attached hydrogens (tertiary/aromatic N) is 1. The fourth-order valence-corrected chi connectivity index (χ4v) is 3.25. The highest BCUT2D eigenvalue weighted by Crippen LogP contribution is 2.32. The molecule has 1 rings (SSSR count). The zero-order chi connectivity index (χ0) is 11.1. The summed E-state index contributed by atoms with van der Waals surface area (Å²) in [4.78, 5) is 0. The highest BCUT2D eigenvalue weighted by molar-refractivity contribution is 7.99. The Morgan fingerprint density at radius 2 is 2.07 bits per heavy atom. The van der Waals surface area contributed by atoms with Crippen LogP contribution in [0.1, 0.15) is 32.1 Å². The first-order chi connectivity index (χ1) is 7.27. The summed E-state index contributed by atoms with van der Waals surface area (Å²) in [5, 5.41) is 27.4. The average molecular weight is 229 g/mol. The van der Waals surface area contributed by atoms with Crippen LogP contribution in [0.2, 0.25) is 0 Å². The SMILES string of the molecule is N#CC1CCCCCC1SCC(O)CO. The summed E-state index contributed by atoms with van der Waals surface area (Å²) < 4.78 is 0. The summed E-state index contributed by atoms with van der Waals surface area (Å²) in [6.45, 7) is -0.184. The molecule has 4 heteroatoms. The van der Waals surface area contributed by atoms with Crippen LogP contribution in [0.4, 0.5) is 0 Å². The molecule has 3 nitrogen and oxygen atoms in total. The highest BCUT2D eigenvalue weighted by atomic mass is 32.2. The van der Waals surface area contributed by atoms with Gasteiger partial charge in [-0.25, -0.2) is 0 Å². The van der Waals surface area contributed by atoms with Crippen molar-refractivity contribution in [2.24, 2.45) is 5.92 Å². The molecule has 3 atom stereocenters. The maximum Gasteiger partial charge on any atom is 0.0861 e. The third-order valence-electron chi connectivity index (χ3n) is 2.83. The third kappa shape index (κ3) is 4.42. The van der Waals surface area contributed by atoms with Gasteiger partial charge in [-0.15, -0.1) is 0 Å². The molecular formula is C11H19NO2S. The predicted molar refractivity (Wildman–Crippen MR) is 61.5 cm³/mol. The summed E-state index contributed by atoms with van der Waals surface area (Å²) in [5.41, 5.74) is 0. The van der Waals surface area contributed by atoms with Crippen LogP contribution in [-0.4, -0.2) is 33.9 Å². The van der Waals surface area contributed by atoms with E-state index < -0.39 is 6.10 Å². The zero-order valence-corrected chi connectivity index (χ0v) is 9.75. The number of thioether (sulfide) groups is 1. The molecule has 1 aliphatic carbocycles. The molecule has 0 radical (unpaired) electrons. The van der Waals surface area contributed by atoms with Crippen LogP contribution in [-0.2, 0) is 0 Å². The lowest BCUT2D eigenvalue weighted by molar-refractivity contribution is 0.113. The Balaban J connectivity index is 2.38. The zero-order valence-electron chi connectivity index (χ0n) is 8.93. The first kappa shape index (κ1) is 12.8. The molecule has 0 bridgehead atoms. The molecule has 0 aromatic rings. The fourth-order valence-electron chi connectivity index (χ4n) is 1.91. The van der Waals surface area contributed by atoms with Crippen molar-refractivity contribution >= 4 is 11.8 Å². The van der Waals surface area contributed by atoms with E-state index in [1.54, 1.807) is 11.8 Å². The van der Waals surface area contributed by atoms with Crippen molar-refractivity contribution in [3.05, 3.63) is 0 Å². The summed E-state index contributed by atoms with van der Waals surface area (Å²) in [6.07, 6.45) is 4.98. The van der Waals surface area contributed by atoms with Gasteiger partial charge in [-0.05, 0) is 12.8 Å². The molecule has 15 heavy (non-hydrogen) atoms. The molecular weight excluding hydrogens is 210 g/mol. The number of aliphatic hydroxyl groups excluding tert-OH is 2. The van der Waals surface area contributed by atoms with E-state index in [1.165, 1.54) is 12.8 Å². The van der Waals surface area contributed by atoms with Crippen LogP contribution in [0.3, 0.4) is 0 Å². The van der Waals surface area contributed by atoms with E-state index in [0.717, 1.165) is 19.3 Å².